The monoisotopic (exact) mass is 281 g/mol. The van der Waals surface area contributed by atoms with E-state index in [2.05, 4.69) is 25.5 Å². The predicted octanol–water partition coefficient (Wildman–Crippen LogP) is -0.591. The second-order valence-corrected chi connectivity index (χ2v) is 5.04. The highest BCUT2D eigenvalue weighted by molar-refractivity contribution is 5.82. The van der Waals surface area contributed by atoms with E-state index in [0.29, 0.717) is 5.69 Å². The van der Waals surface area contributed by atoms with Crippen LogP contribution in [0.4, 0.5) is 4.79 Å². The Morgan fingerprint density at radius 1 is 1.65 bits per heavy atom. The van der Waals surface area contributed by atoms with E-state index in [1.54, 1.807) is 6.20 Å². The van der Waals surface area contributed by atoms with Crippen LogP contribution < -0.4 is 10.6 Å². The number of H-pyrrole nitrogens is 1. The van der Waals surface area contributed by atoms with E-state index in [1.165, 1.54) is 6.33 Å². The van der Waals surface area contributed by atoms with Gasteiger partial charge in [0.15, 0.2) is 0 Å². The quantitative estimate of drug-likeness (QED) is 0.576. The van der Waals surface area contributed by atoms with Gasteiger partial charge in [0, 0.05) is 30.9 Å². The number of hydrogen-bond acceptors (Lipinski definition) is 4. The highest BCUT2D eigenvalue weighted by Crippen LogP contribution is 2.06. The molecule has 8 heteroatoms. The minimum absolute atomic E-state index is 0.0709. The number of likely N-dealkylation sites (tertiary alicyclic amines) is 1. The number of carbonyl (C=O) groups is 2. The largest absolute Gasteiger partial charge is 0.480 e. The highest BCUT2D eigenvalue weighted by Gasteiger charge is 2.24. The molecule has 1 aromatic heterocycles. The second-order valence-electron chi connectivity index (χ2n) is 5.04. The zero-order valence-electron chi connectivity index (χ0n) is 11.3. The summed E-state index contributed by atoms with van der Waals surface area (Å²) in [6.07, 6.45) is 4.07. The van der Waals surface area contributed by atoms with Gasteiger partial charge in [-0.25, -0.2) is 14.6 Å². The van der Waals surface area contributed by atoms with E-state index >= 15 is 0 Å². The van der Waals surface area contributed by atoms with Gasteiger partial charge in [-0.1, -0.05) is 0 Å². The molecule has 0 aliphatic carbocycles. The summed E-state index contributed by atoms with van der Waals surface area (Å²) in [6.45, 7) is 1.72. The van der Waals surface area contributed by atoms with Gasteiger partial charge in [0.25, 0.3) is 0 Å². The molecule has 1 aromatic rings. The fourth-order valence-electron chi connectivity index (χ4n) is 2.25. The fraction of sp³-hybridized carbons (Fsp3) is 0.583. The molecule has 1 fully saturated rings. The van der Waals surface area contributed by atoms with Crippen molar-refractivity contribution in [2.75, 3.05) is 20.1 Å². The Bertz CT molecular complexity index is 462. The Hall–Kier alpha value is -2.09. The van der Waals surface area contributed by atoms with Crippen LogP contribution in [0.2, 0.25) is 0 Å². The van der Waals surface area contributed by atoms with Crippen LogP contribution in [0.3, 0.4) is 0 Å². The summed E-state index contributed by atoms with van der Waals surface area (Å²) in [5, 5.41) is 14.4. The number of urea groups is 1. The van der Waals surface area contributed by atoms with Crippen LogP contribution in [0.25, 0.3) is 0 Å². The van der Waals surface area contributed by atoms with Crippen molar-refractivity contribution in [2.45, 2.75) is 24.9 Å². The minimum atomic E-state index is -1.07. The molecule has 0 saturated carbocycles. The van der Waals surface area contributed by atoms with Gasteiger partial charge >= 0.3 is 12.0 Å². The van der Waals surface area contributed by atoms with Gasteiger partial charge in [-0.3, -0.25) is 0 Å². The van der Waals surface area contributed by atoms with Crippen LogP contribution in [-0.2, 0) is 11.2 Å². The van der Waals surface area contributed by atoms with Crippen LogP contribution >= 0.6 is 0 Å². The lowest BCUT2D eigenvalue weighted by Crippen LogP contribution is -2.50. The Morgan fingerprint density at radius 2 is 2.45 bits per heavy atom. The molecule has 4 N–H and O–H groups in total. The number of carboxylic acid groups (broad SMARTS) is 1. The van der Waals surface area contributed by atoms with Crippen molar-refractivity contribution in [1.82, 2.24) is 25.5 Å². The van der Waals surface area contributed by atoms with Crippen molar-refractivity contribution in [3.63, 3.8) is 0 Å². The van der Waals surface area contributed by atoms with Gasteiger partial charge in [-0.05, 0) is 20.0 Å². The van der Waals surface area contributed by atoms with Gasteiger partial charge < -0.3 is 25.6 Å². The van der Waals surface area contributed by atoms with Crippen LogP contribution in [0, 0.1) is 0 Å². The number of hydrogen-bond donors (Lipinski definition) is 4. The van der Waals surface area contributed by atoms with Crippen molar-refractivity contribution in [1.29, 1.82) is 0 Å². The number of nitrogens with one attached hydrogen (secondary N) is 3. The maximum Gasteiger partial charge on any atom is 0.326 e. The Labute approximate surface area is 116 Å². The maximum atomic E-state index is 11.8. The van der Waals surface area contributed by atoms with E-state index in [0.717, 1.165) is 19.5 Å². The van der Waals surface area contributed by atoms with Crippen LogP contribution in [0.5, 0.6) is 0 Å². The molecule has 0 spiro atoms. The van der Waals surface area contributed by atoms with E-state index in [9.17, 15) is 9.59 Å². The maximum absolute atomic E-state index is 11.8. The van der Waals surface area contributed by atoms with Gasteiger partial charge in [0.2, 0.25) is 0 Å². The third-order valence-corrected chi connectivity index (χ3v) is 3.31. The number of rotatable bonds is 5. The van der Waals surface area contributed by atoms with Gasteiger partial charge in [-0.15, -0.1) is 0 Å². The molecule has 2 amide bonds. The van der Waals surface area contributed by atoms with Crippen molar-refractivity contribution < 1.29 is 14.7 Å². The van der Waals surface area contributed by atoms with Crippen molar-refractivity contribution >= 4 is 12.0 Å². The molecule has 1 aliphatic heterocycles. The third-order valence-electron chi connectivity index (χ3n) is 3.31. The Morgan fingerprint density at radius 3 is 3.00 bits per heavy atom. The first-order chi connectivity index (χ1) is 9.54. The molecule has 0 bridgehead atoms. The molecule has 1 saturated heterocycles. The number of aliphatic carboxylic acids is 1. The summed E-state index contributed by atoms with van der Waals surface area (Å²) in [4.78, 5) is 31.7. The summed E-state index contributed by atoms with van der Waals surface area (Å²) in [5.41, 5.74) is 0.665. The van der Waals surface area contributed by atoms with Gasteiger partial charge in [0.1, 0.15) is 6.04 Å². The first-order valence-corrected chi connectivity index (χ1v) is 6.50. The molecule has 2 heterocycles. The summed E-state index contributed by atoms with van der Waals surface area (Å²) >= 11 is 0. The molecule has 110 valence electrons. The molecular formula is C12H19N5O3. The SMILES string of the molecule is CN1CCC(NC(=O)NC(Cc2cnc[nH]2)C(=O)O)C1. The topological polar surface area (TPSA) is 110 Å². The van der Waals surface area contributed by atoms with Crippen molar-refractivity contribution in [3.8, 4) is 0 Å². The number of amides is 2. The lowest BCUT2D eigenvalue weighted by molar-refractivity contribution is -0.139. The van der Waals surface area contributed by atoms with E-state index < -0.39 is 18.0 Å². The molecule has 2 unspecified atom stereocenters. The second kappa shape index (κ2) is 6.38. The summed E-state index contributed by atoms with van der Waals surface area (Å²) in [5.74, 6) is -1.07. The number of nitrogens with zero attached hydrogens (tertiary/aromatic N) is 2. The molecule has 1 aliphatic rings. The van der Waals surface area contributed by atoms with Gasteiger partial charge in [0.05, 0.1) is 6.33 Å². The standard InChI is InChI=1S/C12H19N5O3/c1-17-3-2-8(6-17)15-12(20)16-10(11(18)19)4-9-5-13-7-14-9/h5,7-8,10H,2-4,6H2,1H3,(H,13,14)(H,18,19)(H2,15,16,20). The van der Waals surface area contributed by atoms with Crippen molar-refractivity contribution in [3.05, 3.63) is 18.2 Å². The molecule has 2 atom stereocenters. The third kappa shape index (κ3) is 3.95. The Balaban J connectivity index is 1.84. The first kappa shape index (κ1) is 14.3. The molecule has 0 aromatic carbocycles. The predicted molar refractivity (Wildman–Crippen MR) is 71.3 cm³/mol. The number of imidazole rings is 1. The number of likely N-dealkylation sites (N-methyl/N-ethyl adjacent to an activating group) is 1. The summed E-state index contributed by atoms with van der Waals surface area (Å²) in [6, 6.07) is -1.35. The summed E-state index contributed by atoms with van der Waals surface area (Å²) in [7, 11) is 1.98. The molecular weight excluding hydrogens is 262 g/mol. The first-order valence-electron chi connectivity index (χ1n) is 6.50. The number of aromatic amines is 1. The number of carbonyl (C=O) groups excluding carboxylic acids is 1. The van der Waals surface area contributed by atoms with Crippen LogP contribution in [-0.4, -0.2) is 64.2 Å². The minimum Gasteiger partial charge on any atom is -0.480 e. The van der Waals surface area contributed by atoms with Crippen LogP contribution in [0.15, 0.2) is 12.5 Å². The zero-order valence-corrected chi connectivity index (χ0v) is 11.3. The zero-order chi connectivity index (χ0) is 14.5. The summed E-state index contributed by atoms with van der Waals surface area (Å²) < 4.78 is 0. The fourth-order valence-corrected chi connectivity index (χ4v) is 2.25. The molecule has 0 radical (unpaired) electrons. The molecule has 8 nitrogen and oxygen atoms in total. The van der Waals surface area contributed by atoms with Crippen LogP contribution in [0.1, 0.15) is 12.1 Å². The van der Waals surface area contributed by atoms with Gasteiger partial charge in [-0.2, -0.15) is 0 Å². The average Bonchev–Trinajstić information content (AvgIpc) is 3.00. The van der Waals surface area contributed by atoms with E-state index in [-0.39, 0.29) is 12.5 Å². The molecule has 20 heavy (non-hydrogen) atoms. The Kier molecular flexibility index (Phi) is 4.57. The highest BCUT2D eigenvalue weighted by atomic mass is 16.4. The average molecular weight is 281 g/mol. The van der Waals surface area contributed by atoms with Crippen molar-refractivity contribution in [2.24, 2.45) is 0 Å². The smallest absolute Gasteiger partial charge is 0.326 e. The molecule has 2 rings (SSSR count). The number of carboxylic acids is 1. The lowest BCUT2D eigenvalue weighted by atomic mass is 10.1. The normalized spacial score (nSPS) is 20.6. The number of aromatic nitrogens is 2. The lowest BCUT2D eigenvalue weighted by Gasteiger charge is -2.17. The van der Waals surface area contributed by atoms with E-state index in [1.807, 2.05) is 7.05 Å². The van der Waals surface area contributed by atoms with E-state index in [4.69, 9.17) is 5.11 Å².